The molecule has 1 saturated carbocycles. The van der Waals surface area contributed by atoms with E-state index in [4.69, 9.17) is 9.47 Å². The Labute approximate surface area is 193 Å². The minimum Gasteiger partial charge on any atom is -0.444 e. The van der Waals surface area contributed by atoms with Crippen LogP contribution in [-0.4, -0.2) is 47.9 Å². The van der Waals surface area contributed by atoms with Gasteiger partial charge in [0.05, 0.1) is 0 Å². The number of carbonyl (C=O) groups is 3. The van der Waals surface area contributed by atoms with Crippen LogP contribution in [0.1, 0.15) is 106 Å². The molecular formula is C24H45N3O5. The highest BCUT2D eigenvalue weighted by Gasteiger charge is 2.26. The van der Waals surface area contributed by atoms with Crippen molar-refractivity contribution in [1.82, 2.24) is 16.0 Å². The first-order valence-corrected chi connectivity index (χ1v) is 12.1. The topological polar surface area (TPSA) is 106 Å². The summed E-state index contributed by atoms with van der Waals surface area (Å²) in [7, 11) is 0. The average Bonchev–Trinajstić information content (AvgIpc) is 2.59. The summed E-state index contributed by atoms with van der Waals surface area (Å²) in [6.07, 6.45) is 8.61. The third-order valence-electron chi connectivity index (χ3n) is 5.05. The van der Waals surface area contributed by atoms with Gasteiger partial charge in [0.2, 0.25) is 5.91 Å². The van der Waals surface area contributed by atoms with Crippen molar-refractivity contribution in [3.8, 4) is 0 Å². The molecule has 8 nitrogen and oxygen atoms in total. The van der Waals surface area contributed by atoms with E-state index in [1.807, 2.05) is 20.8 Å². The van der Waals surface area contributed by atoms with Crippen LogP contribution in [0.3, 0.4) is 0 Å². The maximum atomic E-state index is 13.0. The normalized spacial score (nSPS) is 16.8. The van der Waals surface area contributed by atoms with Crippen LogP contribution in [0.25, 0.3) is 0 Å². The third kappa shape index (κ3) is 14.1. The summed E-state index contributed by atoms with van der Waals surface area (Å²) in [4.78, 5) is 37.0. The SMILES string of the molecule is CC(C)(C)OC(=O)NCCCCC(NC(=O)OC(C)(C)C)C(=O)NC1CCCCCCC1. The molecule has 1 aliphatic rings. The molecule has 0 aromatic heterocycles. The van der Waals surface area contributed by atoms with Gasteiger partial charge in [0.25, 0.3) is 0 Å². The standard InChI is InChI=1S/C24H45N3O5/c1-23(2,3)31-21(29)25-17-13-12-16-19(27-22(30)32-24(4,5)6)20(28)26-18-14-10-8-7-9-11-15-18/h18-19H,7-17H2,1-6H3,(H,25,29)(H,26,28)(H,27,30). The highest BCUT2D eigenvalue weighted by molar-refractivity contribution is 5.85. The van der Waals surface area contributed by atoms with Gasteiger partial charge in [-0.3, -0.25) is 4.79 Å². The quantitative estimate of drug-likeness (QED) is 0.456. The molecule has 3 N–H and O–H groups in total. The molecular weight excluding hydrogens is 410 g/mol. The van der Waals surface area contributed by atoms with Crippen molar-refractivity contribution in [3.05, 3.63) is 0 Å². The smallest absolute Gasteiger partial charge is 0.408 e. The van der Waals surface area contributed by atoms with Crippen LogP contribution in [0, 0.1) is 0 Å². The number of amides is 3. The summed E-state index contributed by atoms with van der Waals surface area (Å²) in [6.45, 7) is 11.3. The van der Waals surface area contributed by atoms with Crippen LogP contribution < -0.4 is 16.0 Å². The van der Waals surface area contributed by atoms with Gasteiger partial charge in [-0.25, -0.2) is 9.59 Å². The number of alkyl carbamates (subject to hydrolysis) is 2. The van der Waals surface area contributed by atoms with Gasteiger partial charge < -0.3 is 25.4 Å². The highest BCUT2D eigenvalue weighted by atomic mass is 16.6. The Morgan fingerprint density at radius 2 is 1.34 bits per heavy atom. The minimum atomic E-state index is -0.670. The van der Waals surface area contributed by atoms with E-state index in [1.54, 1.807) is 20.8 Å². The van der Waals surface area contributed by atoms with Crippen LogP contribution in [-0.2, 0) is 14.3 Å². The summed E-state index contributed by atoms with van der Waals surface area (Å²) in [5, 5.41) is 8.60. The summed E-state index contributed by atoms with van der Waals surface area (Å²) in [5.74, 6) is -0.165. The fourth-order valence-electron chi connectivity index (χ4n) is 3.60. The number of unbranched alkanes of at least 4 members (excludes halogenated alkanes) is 1. The van der Waals surface area contributed by atoms with Gasteiger partial charge in [-0.05, 0) is 73.6 Å². The Morgan fingerprint density at radius 3 is 1.91 bits per heavy atom. The predicted molar refractivity (Wildman–Crippen MR) is 125 cm³/mol. The first-order chi connectivity index (χ1) is 14.9. The zero-order chi connectivity index (χ0) is 24.2. The number of hydrogen-bond acceptors (Lipinski definition) is 5. The lowest BCUT2D eigenvalue weighted by atomic mass is 9.96. The van der Waals surface area contributed by atoms with E-state index in [0.29, 0.717) is 25.8 Å². The fraction of sp³-hybridized carbons (Fsp3) is 0.875. The average molecular weight is 456 g/mol. The van der Waals surface area contributed by atoms with E-state index in [9.17, 15) is 14.4 Å². The van der Waals surface area contributed by atoms with E-state index in [2.05, 4.69) is 16.0 Å². The van der Waals surface area contributed by atoms with Crippen molar-refractivity contribution >= 4 is 18.1 Å². The largest absolute Gasteiger partial charge is 0.444 e. The van der Waals surface area contributed by atoms with Crippen LogP contribution in [0.2, 0.25) is 0 Å². The molecule has 3 amide bonds. The monoisotopic (exact) mass is 455 g/mol. The van der Waals surface area contributed by atoms with Gasteiger partial charge in [-0.2, -0.15) is 0 Å². The molecule has 1 rings (SSSR count). The maximum Gasteiger partial charge on any atom is 0.408 e. The molecule has 0 aromatic carbocycles. The molecule has 8 heteroatoms. The Morgan fingerprint density at radius 1 is 0.812 bits per heavy atom. The fourth-order valence-corrected chi connectivity index (χ4v) is 3.60. The Hall–Kier alpha value is -1.99. The Kier molecular flexibility index (Phi) is 11.9. The second kappa shape index (κ2) is 13.5. The van der Waals surface area contributed by atoms with Crippen molar-refractivity contribution in [2.45, 2.75) is 129 Å². The summed E-state index contributed by atoms with van der Waals surface area (Å²) in [5.41, 5.74) is -1.18. The van der Waals surface area contributed by atoms with Gasteiger partial charge >= 0.3 is 12.2 Å². The van der Waals surface area contributed by atoms with Crippen molar-refractivity contribution in [3.63, 3.8) is 0 Å². The molecule has 0 saturated heterocycles. The molecule has 0 aliphatic heterocycles. The van der Waals surface area contributed by atoms with Crippen LogP contribution >= 0.6 is 0 Å². The molecule has 0 bridgehead atoms. The van der Waals surface area contributed by atoms with Gasteiger partial charge in [0.15, 0.2) is 0 Å². The first kappa shape index (κ1) is 28.0. The molecule has 1 fully saturated rings. The van der Waals surface area contributed by atoms with Crippen molar-refractivity contribution < 1.29 is 23.9 Å². The first-order valence-electron chi connectivity index (χ1n) is 12.1. The molecule has 186 valence electrons. The van der Waals surface area contributed by atoms with E-state index in [1.165, 1.54) is 19.3 Å². The lowest BCUT2D eigenvalue weighted by Crippen LogP contribution is -2.50. The van der Waals surface area contributed by atoms with E-state index >= 15 is 0 Å². The minimum absolute atomic E-state index is 0.152. The molecule has 0 heterocycles. The van der Waals surface area contributed by atoms with E-state index in [-0.39, 0.29) is 11.9 Å². The van der Waals surface area contributed by atoms with Gasteiger partial charge in [-0.15, -0.1) is 0 Å². The van der Waals surface area contributed by atoms with Crippen molar-refractivity contribution in [2.24, 2.45) is 0 Å². The summed E-state index contributed by atoms with van der Waals surface area (Å²) >= 11 is 0. The summed E-state index contributed by atoms with van der Waals surface area (Å²) in [6, 6.07) is -0.517. The van der Waals surface area contributed by atoms with Crippen LogP contribution in [0.4, 0.5) is 9.59 Å². The zero-order valence-corrected chi connectivity index (χ0v) is 21.0. The number of ether oxygens (including phenoxy) is 2. The van der Waals surface area contributed by atoms with Gasteiger partial charge in [0.1, 0.15) is 17.2 Å². The second-order valence-electron chi connectivity index (χ2n) is 10.7. The number of nitrogens with one attached hydrogen (secondary N) is 3. The van der Waals surface area contributed by atoms with Crippen molar-refractivity contribution in [2.75, 3.05) is 6.54 Å². The second-order valence-corrected chi connectivity index (χ2v) is 10.7. The van der Waals surface area contributed by atoms with Crippen molar-refractivity contribution in [1.29, 1.82) is 0 Å². The molecule has 1 atom stereocenters. The molecule has 1 aliphatic carbocycles. The Balaban J connectivity index is 2.56. The highest BCUT2D eigenvalue weighted by Crippen LogP contribution is 2.17. The lowest BCUT2D eigenvalue weighted by Gasteiger charge is -2.26. The lowest BCUT2D eigenvalue weighted by molar-refractivity contribution is -0.124. The van der Waals surface area contributed by atoms with Crippen LogP contribution in [0.15, 0.2) is 0 Å². The van der Waals surface area contributed by atoms with Crippen LogP contribution in [0.5, 0.6) is 0 Å². The third-order valence-corrected chi connectivity index (χ3v) is 5.05. The van der Waals surface area contributed by atoms with Gasteiger partial charge in [-0.1, -0.05) is 32.1 Å². The molecule has 1 unspecified atom stereocenters. The van der Waals surface area contributed by atoms with Gasteiger partial charge in [0, 0.05) is 12.6 Å². The number of rotatable bonds is 8. The predicted octanol–water partition coefficient (Wildman–Crippen LogP) is 4.80. The summed E-state index contributed by atoms with van der Waals surface area (Å²) < 4.78 is 10.6. The number of hydrogen-bond donors (Lipinski definition) is 3. The Bertz CT molecular complexity index is 587. The molecule has 0 aromatic rings. The van der Waals surface area contributed by atoms with E-state index in [0.717, 1.165) is 25.7 Å². The maximum absolute atomic E-state index is 13.0. The number of carbonyl (C=O) groups excluding carboxylic acids is 3. The zero-order valence-electron chi connectivity index (χ0n) is 21.0. The molecule has 0 spiro atoms. The molecule has 32 heavy (non-hydrogen) atoms. The van der Waals surface area contributed by atoms with E-state index < -0.39 is 29.4 Å². The molecule has 0 radical (unpaired) electrons.